The molecule has 0 spiro atoms. The fraction of sp³-hybridized carbons (Fsp3) is 0.208. The standard InChI is InChI=1S/C24H24N6O2/c1-28-12-14-29(15-13-28)20-8-6-19(7-9-20)27-22-23-25-10-11-30(23)21(16-26-22)17-2-4-18(5-3-17)24(31)32/h2-11,16H,12-15H2,1H3,(H,26,27)(H,31,32). The van der Waals surface area contributed by atoms with Crippen molar-refractivity contribution in [3.05, 3.63) is 72.7 Å². The molecular weight excluding hydrogens is 404 g/mol. The van der Waals surface area contributed by atoms with Crippen molar-refractivity contribution in [1.82, 2.24) is 19.3 Å². The molecule has 2 N–H and O–H groups in total. The van der Waals surface area contributed by atoms with Crippen molar-refractivity contribution in [2.24, 2.45) is 0 Å². The van der Waals surface area contributed by atoms with Crippen LogP contribution in [0, 0.1) is 0 Å². The average molecular weight is 428 g/mol. The van der Waals surface area contributed by atoms with E-state index in [9.17, 15) is 4.79 Å². The molecule has 1 saturated heterocycles. The molecule has 2 aromatic heterocycles. The third-order valence-corrected chi connectivity index (χ3v) is 5.85. The van der Waals surface area contributed by atoms with Gasteiger partial charge in [-0.05, 0) is 43.4 Å². The molecule has 32 heavy (non-hydrogen) atoms. The van der Waals surface area contributed by atoms with Crippen LogP contribution < -0.4 is 10.2 Å². The molecule has 1 fully saturated rings. The van der Waals surface area contributed by atoms with Gasteiger partial charge in [0.2, 0.25) is 0 Å². The number of carboxylic acids is 1. The predicted octanol–water partition coefficient (Wildman–Crippen LogP) is 3.59. The van der Waals surface area contributed by atoms with Gasteiger partial charge in [-0.15, -0.1) is 0 Å². The van der Waals surface area contributed by atoms with Crippen molar-refractivity contribution < 1.29 is 9.90 Å². The van der Waals surface area contributed by atoms with Crippen molar-refractivity contribution >= 4 is 28.8 Å². The van der Waals surface area contributed by atoms with E-state index in [4.69, 9.17) is 5.11 Å². The molecule has 1 aliphatic rings. The van der Waals surface area contributed by atoms with E-state index < -0.39 is 5.97 Å². The maximum atomic E-state index is 11.1. The summed E-state index contributed by atoms with van der Waals surface area (Å²) in [7, 11) is 2.16. The summed E-state index contributed by atoms with van der Waals surface area (Å²) in [4.78, 5) is 24.9. The Hall–Kier alpha value is -3.91. The van der Waals surface area contributed by atoms with E-state index in [1.807, 2.05) is 10.6 Å². The summed E-state index contributed by atoms with van der Waals surface area (Å²) in [6, 6.07) is 15.1. The number of piperazine rings is 1. The van der Waals surface area contributed by atoms with Crippen molar-refractivity contribution in [3.8, 4) is 11.3 Å². The molecule has 3 heterocycles. The summed E-state index contributed by atoms with van der Waals surface area (Å²) < 4.78 is 1.95. The molecule has 0 aliphatic carbocycles. The van der Waals surface area contributed by atoms with E-state index in [0.29, 0.717) is 11.5 Å². The molecule has 4 aromatic rings. The van der Waals surface area contributed by atoms with E-state index in [-0.39, 0.29) is 5.56 Å². The van der Waals surface area contributed by atoms with Crippen LogP contribution in [-0.2, 0) is 0 Å². The number of hydrogen-bond donors (Lipinski definition) is 2. The van der Waals surface area contributed by atoms with Gasteiger partial charge in [0, 0.05) is 55.5 Å². The summed E-state index contributed by atoms with van der Waals surface area (Å²) in [6.45, 7) is 4.23. The van der Waals surface area contributed by atoms with Crippen molar-refractivity contribution in [2.75, 3.05) is 43.4 Å². The third-order valence-electron chi connectivity index (χ3n) is 5.85. The summed E-state index contributed by atoms with van der Waals surface area (Å²) >= 11 is 0. The van der Waals surface area contributed by atoms with Gasteiger partial charge in [-0.2, -0.15) is 0 Å². The van der Waals surface area contributed by atoms with Crippen molar-refractivity contribution in [3.63, 3.8) is 0 Å². The zero-order valence-corrected chi connectivity index (χ0v) is 17.8. The van der Waals surface area contributed by atoms with Crippen molar-refractivity contribution in [2.45, 2.75) is 0 Å². The van der Waals surface area contributed by atoms with Crippen LogP contribution in [0.5, 0.6) is 0 Å². The Morgan fingerprint density at radius 3 is 2.38 bits per heavy atom. The van der Waals surface area contributed by atoms with Gasteiger partial charge in [0.05, 0.1) is 17.5 Å². The normalized spacial score (nSPS) is 14.6. The quantitative estimate of drug-likeness (QED) is 0.502. The molecule has 5 rings (SSSR count). The van der Waals surface area contributed by atoms with Crippen LogP contribution in [0.15, 0.2) is 67.1 Å². The van der Waals surface area contributed by atoms with Gasteiger partial charge in [0.15, 0.2) is 11.5 Å². The molecule has 0 radical (unpaired) electrons. The number of carbonyl (C=O) groups is 1. The molecule has 0 bridgehead atoms. The van der Waals surface area contributed by atoms with Crippen LogP contribution in [0.25, 0.3) is 16.9 Å². The number of imidazole rings is 1. The molecule has 0 amide bonds. The van der Waals surface area contributed by atoms with Crippen LogP contribution in [-0.4, -0.2) is 63.6 Å². The lowest BCUT2D eigenvalue weighted by atomic mass is 10.1. The maximum absolute atomic E-state index is 11.1. The first kappa shape index (κ1) is 20.0. The number of aromatic nitrogens is 3. The van der Waals surface area contributed by atoms with Gasteiger partial charge in [0.1, 0.15) is 0 Å². The zero-order valence-electron chi connectivity index (χ0n) is 17.8. The Morgan fingerprint density at radius 1 is 0.969 bits per heavy atom. The zero-order chi connectivity index (χ0) is 22.1. The average Bonchev–Trinajstić information content (AvgIpc) is 3.31. The number of aromatic carboxylic acids is 1. The highest BCUT2D eigenvalue weighted by Gasteiger charge is 2.15. The number of likely N-dealkylation sites (N-methyl/N-ethyl adjacent to an activating group) is 1. The summed E-state index contributed by atoms with van der Waals surface area (Å²) in [5, 5.41) is 12.5. The highest BCUT2D eigenvalue weighted by Crippen LogP contribution is 2.27. The van der Waals surface area contributed by atoms with E-state index >= 15 is 0 Å². The van der Waals surface area contributed by atoms with Gasteiger partial charge in [-0.3, -0.25) is 4.40 Å². The molecule has 8 heteroatoms. The molecule has 162 valence electrons. The molecule has 0 unspecified atom stereocenters. The minimum atomic E-state index is -0.944. The molecule has 0 atom stereocenters. The smallest absolute Gasteiger partial charge is 0.335 e. The Bertz CT molecular complexity index is 1240. The number of carboxylic acid groups (broad SMARTS) is 1. The van der Waals surface area contributed by atoms with Gasteiger partial charge in [0.25, 0.3) is 0 Å². The lowest BCUT2D eigenvalue weighted by Gasteiger charge is -2.34. The van der Waals surface area contributed by atoms with E-state index in [1.54, 1.807) is 36.7 Å². The second-order valence-electron chi connectivity index (χ2n) is 7.96. The second-order valence-corrected chi connectivity index (χ2v) is 7.96. The Labute approximate surface area is 185 Å². The fourth-order valence-corrected chi connectivity index (χ4v) is 3.96. The van der Waals surface area contributed by atoms with E-state index in [2.05, 4.69) is 56.4 Å². The van der Waals surface area contributed by atoms with Gasteiger partial charge < -0.3 is 20.2 Å². The summed E-state index contributed by atoms with van der Waals surface area (Å²) in [5.74, 6) is -0.283. The lowest BCUT2D eigenvalue weighted by molar-refractivity contribution is 0.0697. The Balaban J connectivity index is 1.38. The largest absolute Gasteiger partial charge is 0.478 e. The van der Waals surface area contributed by atoms with Crippen LogP contribution in [0.2, 0.25) is 0 Å². The number of benzene rings is 2. The number of rotatable bonds is 5. The highest BCUT2D eigenvalue weighted by molar-refractivity contribution is 5.88. The molecule has 2 aromatic carbocycles. The fourth-order valence-electron chi connectivity index (χ4n) is 3.96. The SMILES string of the molecule is CN1CCN(c2ccc(Nc3ncc(-c4ccc(C(=O)O)cc4)n4ccnc34)cc2)CC1. The number of nitrogens with zero attached hydrogens (tertiary/aromatic N) is 5. The lowest BCUT2D eigenvalue weighted by Crippen LogP contribution is -2.44. The molecule has 0 saturated carbocycles. The first-order valence-electron chi connectivity index (χ1n) is 10.5. The summed E-state index contributed by atoms with van der Waals surface area (Å²) in [6.07, 6.45) is 5.37. The molecule has 8 nitrogen and oxygen atoms in total. The number of fused-ring (bicyclic) bond motifs is 1. The Morgan fingerprint density at radius 2 is 1.69 bits per heavy atom. The van der Waals surface area contributed by atoms with E-state index in [1.165, 1.54) is 5.69 Å². The number of hydrogen-bond acceptors (Lipinski definition) is 6. The first-order valence-corrected chi connectivity index (χ1v) is 10.5. The number of nitrogens with one attached hydrogen (secondary N) is 1. The third kappa shape index (κ3) is 3.88. The predicted molar refractivity (Wildman–Crippen MR) is 125 cm³/mol. The first-order chi connectivity index (χ1) is 15.6. The Kier molecular flexibility index (Phi) is 5.20. The number of anilines is 3. The topological polar surface area (TPSA) is 86.0 Å². The van der Waals surface area contributed by atoms with Crippen LogP contribution in [0.1, 0.15) is 10.4 Å². The summed E-state index contributed by atoms with van der Waals surface area (Å²) in [5.41, 5.74) is 4.83. The van der Waals surface area contributed by atoms with Crippen LogP contribution in [0.4, 0.5) is 17.2 Å². The van der Waals surface area contributed by atoms with Gasteiger partial charge in [-0.25, -0.2) is 14.8 Å². The second kappa shape index (κ2) is 8.32. The maximum Gasteiger partial charge on any atom is 0.335 e. The minimum Gasteiger partial charge on any atom is -0.478 e. The highest BCUT2D eigenvalue weighted by atomic mass is 16.4. The van der Waals surface area contributed by atoms with Crippen molar-refractivity contribution in [1.29, 1.82) is 0 Å². The minimum absolute atomic E-state index is 0.252. The van der Waals surface area contributed by atoms with Crippen LogP contribution in [0.3, 0.4) is 0 Å². The molecule has 1 aliphatic heterocycles. The molecular formula is C24H24N6O2. The van der Waals surface area contributed by atoms with Gasteiger partial charge >= 0.3 is 5.97 Å². The van der Waals surface area contributed by atoms with E-state index in [0.717, 1.165) is 43.1 Å². The van der Waals surface area contributed by atoms with Crippen LogP contribution >= 0.6 is 0 Å². The van der Waals surface area contributed by atoms with Gasteiger partial charge in [-0.1, -0.05) is 12.1 Å². The monoisotopic (exact) mass is 428 g/mol.